The summed E-state index contributed by atoms with van der Waals surface area (Å²) in [5.74, 6) is 0.965. The van der Waals surface area contributed by atoms with E-state index in [0.29, 0.717) is 56.3 Å². The van der Waals surface area contributed by atoms with Crippen LogP contribution in [-0.4, -0.2) is 72.9 Å². The summed E-state index contributed by atoms with van der Waals surface area (Å²) in [5.41, 5.74) is 0.488. The molecule has 0 atom stereocenters. The molecule has 1 aliphatic rings. The summed E-state index contributed by atoms with van der Waals surface area (Å²) >= 11 is 0. The molecule has 0 saturated carbocycles. The molecule has 0 radical (unpaired) electrons. The summed E-state index contributed by atoms with van der Waals surface area (Å²) in [4.78, 5) is 21.1. The number of carbonyl (C=O) groups excluding carboxylic acids is 1. The molecular weight excluding hydrogens is 396 g/mol. The van der Waals surface area contributed by atoms with Crippen molar-refractivity contribution in [2.24, 2.45) is 0 Å². The second-order valence-electron chi connectivity index (χ2n) is 6.49. The normalized spacial score (nSPS) is 15.7. The number of nitrogens with zero attached hydrogens (tertiary/aromatic N) is 3. The third-order valence-electron chi connectivity index (χ3n) is 4.62. The van der Waals surface area contributed by atoms with E-state index in [1.807, 2.05) is 13.8 Å². The van der Waals surface area contributed by atoms with E-state index in [1.54, 1.807) is 23.1 Å². The van der Waals surface area contributed by atoms with Crippen LogP contribution in [0.4, 0.5) is 0 Å². The number of nitrogens with one attached hydrogen (secondary N) is 1. The fraction of sp³-hybridized carbons (Fsp3) is 0.474. The van der Waals surface area contributed by atoms with Crippen molar-refractivity contribution in [1.29, 1.82) is 0 Å². The molecule has 0 spiro atoms. The van der Waals surface area contributed by atoms with Gasteiger partial charge in [0.25, 0.3) is 15.9 Å². The van der Waals surface area contributed by atoms with Crippen LogP contribution < -0.4 is 9.47 Å². The molecule has 0 aliphatic carbocycles. The number of sulfonamides is 1. The van der Waals surface area contributed by atoms with E-state index in [1.165, 1.54) is 16.8 Å². The largest absolute Gasteiger partial charge is 0.490 e. The maximum absolute atomic E-state index is 13.0. The Balaban J connectivity index is 1.73. The second-order valence-corrected chi connectivity index (χ2v) is 8.40. The van der Waals surface area contributed by atoms with Gasteiger partial charge in [0.15, 0.2) is 16.5 Å². The first-order valence-corrected chi connectivity index (χ1v) is 11.1. The minimum Gasteiger partial charge on any atom is -0.490 e. The summed E-state index contributed by atoms with van der Waals surface area (Å²) in [6.07, 6.45) is 3.18. The van der Waals surface area contributed by atoms with Crippen molar-refractivity contribution >= 4 is 15.9 Å². The molecule has 10 heteroatoms. The highest BCUT2D eigenvalue weighted by Gasteiger charge is 2.29. The van der Waals surface area contributed by atoms with E-state index in [2.05, 4.69) is 9.97 Å². The quantitative estimate of drug-likeness (QED) is 0.729. The van der Waals surface area contributed by atoms with Crippen LogP contribution in [0.25, 0.3) is 0 Å². The maximum atomic E-state index is 13.0. The molecule has 1 fully saturated rings. The van der Waals surface area contributed by atoms with Crippen molar-refractivity contribution < 1.29 is 22.7 Å². The van der Waals surface area contributed by atoms with Crippen LogP contribution in [-0.2, 0) is 10.0 Å². The Hall–Kier alpha value is -2.59. The van der Waals surface area contributed by atoms with Crippen LogP contribution in [0.2, 0.25) is 0 Å². The SMILES string of the molecule is CCOc1ccc(C(=O)N2CCCN(S(=O)(=O)c3cnc[nH]3)CC2)cc1OCC. The summed E-state index contributed by atoms with van der Waals surface area (Å²) < 4.78 is 37.9. The smallest absolute Gasteiger partial charge is 0.260 e. The number of hydrogen-bond acceptors (Lipinski definition) is 6. The zero-order valence-corrected chi connectivity index (χ0v) is 17.4. The minimum atomic E-state index is -3.64. The summed E-state index contributed by atoms with van der Waals surface area (Å²) in [5, 5.41) is 0.0603. The first kappa shape index (κ1) is 21.1. The lowest BCUT2D eigenvalue weighted by atomic mass is 10.1. The number of hydrogen-bond donors (Lipinski definition) is 1. The molecule has 29 heavy (non-hydrogen) atoms. The van der Waals surface area contributed by atoms with Crippen LogP contribution in [0.5, 0.6) is 11.5 Å². The van der Waals surface area contributed by atoms with Crippen molar-refractivity contribution in [1.82, 2.24) is 19.2 Å². The van der Waals surface area contributed by atoms with E-state index in [-0.39, 0.29) is 17.5 Å². The predicted molar refractivity (Wildman–Crippen MR) is 107 cm³/mol. The molecule has 0 unspecified atom stereocenters. The first-order chi connectivity index (χ1) is 14.0. The van der Waals surface area contributed by atoms with Gasteiger partial charge in [-0.05, 0) is 38.5 Å². The number of carbonyl (C=O) groups is 1. The van der Waals surface area contributed by atoms with Gasteiger partial charge in [-0.1, -0.05) is 0 Å². The van der Waals surface area contributed by atoms with Gasteiger partial charge in [0.2, 0.25) is 0 Å². The van der Waals surface area contributed by atoms with Crippen LogP contribution in [0, 0.1) is 0 Å². The standard InChI is InChI=1S/C19H26N4O5S/c1-3-27-16-7-6-15(12-17(16)28-4-2)19(24)22-8-5-9-23(11-10-22)29(25,26)18-13-20-14-21-18/h6-7,12-14H,3-5,8-11H2,1-2H3,(H,20,21). The first-order valence-electron chi connectivity index (χ1n) is 9.64. The van der Waals surface area contributed by atoms with E-state index >= 15 is 0 Å². The Morgan fingerprint density at radius 1 is 1.10 bits per heavy atom. The number of H-pyrrole nitrogens is 1. The summed E-state index contributed by atoms with van der Waals surface area (Å²) in [6, 6.07) is 5.12. The van der Waals surface area contributed by atoms with Crippen LogP contribution in [0.3, 0.4) is 0 Å². The fourth-order valence-corrected chi connectivity index (χ4v) is 4.59. The van der Waals surface area contributed by atoms with E-state index in [4.69, 9.17) is 9.47 Å². The highest BCUT2D eigenvalue weighted by Crippen LogP contribution is 2.29. The van der Waals surface area contributed by atoms with Crippen molar-refractivity contribution in [2.45, 2.75) is 25.3 Å². The molecule has 3 rings (SSSR count). The molecule has 1 amide bonds. The monoisotopic (exact) mass is 422 g/mol. The van der Waals surface area contributed by atoms with E-state index in [0.717, 1.165) is 0 Å². The Kier molecular flexibility index (Phi) is 6.75. The number of aromatic nitrogens is 2. The maximum Gasteiger partial charge on any atom is 0.260 e. The average molecular weight is 423 g/mol. The molecule has 0 bridgehead atoms. The zero-order chi connectivity index (χ0) is 20.9. The Labute approximate surface area is 170 Å². The molecule has 2 heterocycles. The van der Waals surface area contributed by atoms with Crippen molar-refractivity contribution in [3.8, 4) is 11.5 Å². The van der Waals surface area contributed by atoms with Gasteiger partial charge in [-0.15, -0.1) is 0 Å². The lowest BCUT2D eigenvalue weighted by Gasteiger charge is -2.22. The van der Waals surface area contributed by atoms with E-state index in [9.17, 15) is 13.2 Å². The van der Waals surface area contributed by atoms with Gasteiger partial charge in [-0.25, -0.2) is 13.4 Å². The molecule has 1 aromatic carbocycles. The topological polar surface area (TPSA) is 105 Å². The number of benzene rings is 1. The summed E-state index contributed by atoms with van der Waals surface area (Å²) in [7, 11) is -3.64. The predicted octanol–water partition coefficient (Wildman–Crippen LogP) is 1.74. The van der Waals surface area contributed by atoms with Crippen molar-refractivity contribution in [3.63, 3.8) is 0 Å². The molecule has 9 nitrogen and oxygen atoms in total. The molecule has 1 aromatic heterocycles. The van der Waals surface area contributed by atoms with Crippen LogP contribution >= 0.6 is 0 Å². The number of aromatic amines is 1. The number of ether oxygens (including phenoxy) is 2. The van der Waals surface area contributed by atoms with Gasteiger partial charge in [0.1, 0.15) is 0 Å². The lowest BCUT2D eigenvalue weighted by molar-refractivity contribution is 0.0763. The van der Waals surface area contributed by atoms with Crippen LogP contribution in [0.1, 0.15) is 30.6 Å². The zero-order valence-electron chi connectivity index (χ0n) is 16.6. The molecule has 1 N–H and O–H groups in total. The average Bonchev–Trinajstić information content (AvgIpc) is 3.14. The Morgan fingerprint density at radius 3 is 2.55 bits per heavy atom. The number of rotatable bonds is 7. The molecule has 1 saturated heterocycles. The Bertz CT molecular complexity index is 930. The number of amides is 1. The molecule has 158 valence electrons. The summed E-state index contributed by atoms with van der Waals surface area (Å²) in [6.45, 7) is 6.07. The van der Waals surface area contributed by atoms with Crippen molar-refractivity contribution in [3.05, 3.63) is 36.3 Å². The number of imidazole rings is 1. The van der Waals surface area contributed by atoms with Gasteiger partial charge >= 0.3 is 0 Å². The minimum absolute atomic E-state index is 0.0603. The molecule has 1 aliphatic heterocycles. The molecular formula is C19H26N4O5S. The van der Waals surface area contributed by atoms with Crippen LogP contribution in [0.15, 0.2) is 35.7 Å². The Morgan fingerprint density at radius 2 is 1.86 bits per heavy atom. The van der Waals surface area contributed by atoms with E-state index < -0.39 is 10.0 Å². The third-order valence-corrected chi connectivity index (χ3v) is 6.45. The second kappa shape index (κ2) is 9.27. The highest BCUT2D eigenvalue weighted by molar-refractivity contribution is 7.89. The van der Waals surface area contributed by atoms with Gasteiger partial charge < -0.3 is 19.4 Å². The fourth-order valence-electron chi connectivity index (χ4n) is 3.23. The third kappa shape index (κ3) is 4.70. The van der Waals surface area contributed by atoms with Gasteiger partial charge in [0.05, 0.1) is 25.7 Å². The highest BCUT2D eigenvalue weighted by atomic mass is 32.2. The van der Waals surface area contributed by atoms with Gasteiger partial charge in [-0.3, -0.25) is 4.79 Å². The lowest BCUT2D eigenvalue weighted by Crippen LogP contribution is -2.37. The molecule has 2 aromatic rings. The van der Waals surface area contributed by atoms with Gasteiger partial charge in [0, 0.05) is 31.7 Å². The van der Waals surface area contributed by atoms with Crippen molar-refractivity contribution in [2.75, 3.05) is 39.4 Å². The van der Waals surface area contributed by atoms with Gasteiger partial charge in [-0.2, -0.15) is 4.31 Å².